The number of nitro groups is 1. The summed E-state index contributed by atoms with van der Waals surface area (Å²) in [7, 11) is 1.31. The molecule has 0 bridgehead atoms. The van der Waals surface area contributed by atoms with Crippen molar-refractivity contribution in [1.29, 1.82) is 0 Å². The zero-order valence-electron chi connectivity index (χ0n) is 13.5. The Morgan fingerprint density at radius 2 is 2.12 bits per heavy atom. The number of fused-ring (bicyclic) bond motifs is 1. The second kappa shape index (κ2) is 6.61. The third-order valence-electron chi connectivity index (χ3n) is 3.75. The van der Waals surface area contributed by atoms with E-state index in [0.717, 1.165) is 6.07 Å². The monoisotopic (exact) mass is 355 g/mol. The Kier molecular flexibility index (Phi) is 4.33. The number of methoxy groups -OCH3 is 1. The number of aromatic nitrogens is 2. The Balaban J connectivity index is 2.23. The minimum absolute atomic E-state index is 0.0257. The predicted octanol–water partition coefficient (Wildman–Crippen LogP) is 0.906. The van der Waals surface area contributed by atoms with Crippen molar-refractivity contribution in [2.75, 3.05) is 7.11 Å². The van der Waals surface area contributed by atoms with Gasteiger partial charge in [-0.3, -0.25) is 29.7 Å². The number of nitrogen functional groups attached to an aromatic ring is 1. The maximum Gasteiger partial charge on any atom is 0.311 e. The highest BCUT2D eigenvalue weighted by Gasteiger charge is 2.18. The number of carbonyl (C=O) groups is 1. The summed E-state index contributed by atoms with van der Waals surface area (Å²) in [5.74, 6) is 4.71. The molecule has 10 nitrogen and oxygen atoms in total. The molecule has 1 amide bonds. The van der Waals surface area contributed by atoms with Gasteiger partial charge >= 0.3 is 5.69 Å². The summed E-state index contributed by atoms with van der Waals surface area (Å²) in [6.07, 6.45) is 1.46. The summed E-state index contributed by atoms with van der Waals surface area (Å²) < 4.78 is 6.19. The maximum absolute atomic E-state index is 12.8. The first kappa shape index (κ1) is 17.0. The van der Waals surface area contributed by atoms with Gasteiger partial charge in [0.15, 0.2) is 5.75 Å². The number of pyridine rings is 2. The Bertz CT molecular complexity index is 1090. The first-order chi connectivity index (χ1) is 12.5. The average Bonchev–Trinajstić information content (AvgIpc) is 2.66. The van der Waals surface area contributed by atoms with Gasteiger partial charge in [0.2, 0.25) is 0 Å². The van der Waals surface area contributed by atoms with Crippen molar-refractivity contribution in [3.8, 4) is 11.6 Å². The molecular weight excluding hydrogens is 342 g/mol. The molecule has 0 spiro atoms. The molecule has 0 aliphatic heterocycles. The van der Waals surface area contributed by atoms with Crippen molar-refractivity contribution in [3.05, 3.63) is 68.8 Å². The number of hydrogen-bond donors (Lipinski definition) is 2. The molecule has 0 aliphatic rings. The SMILES string of the molecule is COc1cc2ccn(-c3cccc(C(=O)NN)n3)c(=O)c2cc1[N+](=O)[O-]. The summed E-state index contributed by atoms with van der Waals surface area (Å²) in [5.41, 5.74) is 1.14. The third kappa shape index (κ3) is 2.84. The minimum atomic E-state index is -0.625. The van der Waals surface area contributed by atoms with E-state index in [-0.39, 0.29) is 28.3 Å². The van der Waals surface area contributed by atoms with E-state index in [0.29, 0.717) is 5.39 Å². The maximum atomic E-state index is 12.8. The van der Waals surface area contributed by atoms with Gasteiger partial charge in [0.1, 0.15) is 11.5 Å². The fourth-order valence-corrected chi connectivity index (χ4v) is 2.50. The van der Waals surface area contributed by atoms with E-state index in [1.54, 1.807) is 12.1 Å². The Morgan fingerprint density at radius 1 is 1.35 bits per heavy atom. The molecule has 0 unspecified atom stereocenters. The van der Waals surface area contributed by atoms with Gasteiger partial charge in [0.05, 0.1) is 17.4 Å². The van der Waals surface area contributed by atoms with Gasteiger partial charge < -0.3 is 4.74 Å². The van der Waals surface area contributed by atoms with Crippen LogP contribution in [0.25, 0.3) is 16.6 Å². The van der Waals surface area contributed by atoms with Crippen molar-refractivity contribution in [2.24, 2.45) is 5.84 Å². The van der Waals surface area contributed by atoms with Crippen LogP contribution in [0, 0.1) is 10.1 Å². The fraction of sp³-hybridized carbons (Fsp3) is 0.0625. The lowest BCUT2D eigenvalue weighted by Gasteiger charge is -2.09. The van der Waals surface area contributed by atoms with E-state index in [1.807, 2.05) is 5.43 Å². The summed E-state index contributed by atoms with van der Waals surface area (Å²) >= 11 is 0. The normalized spacial score (nSPS) is 10.5. The first-order valence-corrected chi connectivity index (χ1v) is 7.32. The van der Waals surface area contributed by atoms with E-state index < -0.39 is 16.4 Å². The zero-order valence-corrected chi connectivity index (χ0v) is 13.5. The van der Waals surface area contributed by atoms with E-state index >= 15 is 0 Å². The number of nitrogens with two attached hydrogens (primary N) is 1. The van der Waals surface area contributed by atoms with Gasteiger partial charge in [-0.25, -0.2) is 10.8 Å². The van der Waals surface area contributed by atoms with Gasteiger partial charge in [0, 0.05) is 12.3 Å². The molecule has 1 aromatic carbocycles. The van der Waals surface area contributed by atoms with Gasteiger partial charge in [-0.15, -0.1) is 0 Å². The van der Waals surface area contributed by atoms with E-state index in [4.69, 9.17) is 10.6 Å². The second-order valence-electron chi connectivity index (χ2n) is 5.21. The number of amides is 1. The summed E-state index contributed by atoms with van der Waals surface area (Å²) in [6.45, 7) is 0. The van der Waals surface area contributed by atoms with E-state index in [2.05, 4.69) is 4.98 Å². The van der Waals surface area contributed by atoms with Crippen molar-refractivity contribution in [3.63, 3.8) is 0 Å². The van der Waals surface area contributed by atoms with Crippen molar-refractivity contribution in [1.82, 2.24) is 15.0 Å². The van der Waals surface area contributed by atoms with Gasteiger partial charge in [0.25, 0.3) is 11.5 Å². The van der Waals surface area contributed by atoms with Crippen LogP contribution in [0.5, 0.6) is 5.75 Å². The highest BCUT2D eigenvalue weighted by molar-refractivity contribution is 5.92. The quantitative estimate of drug-likeness (QED) is 0.306. The molecule has 132 valence electrons. The largest absolute Gasteiger partial charge is 0.490 e. The predicted molar refractivity (Wildman–Crippen MR) is 92.2 cm³/mol. The van der Waals surface area contributed by atoms with Crippen LogP contribution in [0.15, 0.2) is 47.4 Å². The van der Waals surface area contributed by atoms with Crippen LogP contribution in [0.1, 0.15) is 10.5 Å². The molecule has 2 heterocycles. The van der Waals surface area contributed by atoms with Crippen LogP contribution in [-0.4, -0.2) is 27.5 Å². The molecule has 0 saturated heterocycles. The van der Waals surface area contributed by atoms with Crippen molar-refractivity contribution >= 4 is 22.4 Å². The van der Waals surface area contributed by atoms with E-state index in [1.165, 1.54) is 36.1 Å². The van der Waals surface area contributed by atoms with Gasteiger partial charge in [-0.2, -0.15) is 0 Å². The third-order valence-corrected chi connectivity index (χ3v) is 3.75. The first-order valence-electron chi connectivity index (χ1n) is 7.32. The topological polar surface area (TPSA) is 142 Å². The Labute approximate surface area is 145 Å². The second-order valence-corrected chi connectivity index (χ2v) is 5.21. The molecule has 3 aromatic rings. The van der Waals surface area contributed by atoms with Crippen molar-refractivity contribution < 1.29 is 14.5 Å². The standard InChI is InChI=1S/C16H13N5O5/c1-26-13-7-9-5-6-20(16(23)10(9)8-12(13)21(24)25)14-4-2-3-11(18-14)15(22)19-17/h2-8H,17H2,1H3,(H,19,22). The van der Waals surface area contributed by atoms with Crippen molar-refractivity contribution in [2.45, 2.75) is 0 Å². The molecule has 26 heavy (non-hydrogen) atoms. The highest BCUT2D eigenvalue weighted by Crippen LogP contribution is 2.30. The molecule has 0 saturated carbocycles. The van der Waals surface area contributed by atoms with Crippen LogP contribution in [-0.2, 0) is 0 Å². The molecule has 10 heteroatoms. The number of carbonyl (C=O) groups excluding carboxylic acids is 1. The Hall–Kier alpha value is -3.79. The number of hydrazine groups is 1. The fourth-order valence-electron chi connectivity index (χ4n) is 2.50. The highest BCUT2D eigenvalue weighted by atomic mass is 16.6. The molecular formula is C16H13N5O5. The summed E-state index contributed by atoms with van der Waals surface area (Å²) in [6, 6.07) is 8.68. The number of nitrogens with one attached hydrogen (secondary N) is 1. The zero-order chi connectivity index (χ0) is 18.8. The lowest BCUT2D eigenvalue weighted by molar-refractivity contribution is -0.385. The van der Waals surface area contributed by atoms with Gasteiger partial charge in [-0.1, -0.05) is 6.07 Å². The number of nitro benzene ring substituents is 1. The molecule has 3 N–H and O–H groups in total. The number of ether oxygens (including phenoxy) is 1. The number of nitrogens with zero attached hydrogens (tertiary/aromatic N) is 3. The molecule has 0 aliphatic carbocycles. The molecule has 3 rings (SSSR count). The van der Waals surface area contributed by atoms with Crippen LogP contribution in [0.3, 0.4) is 0 Å². The molecule has 0 fully saturated rings. The number of rotatable bonds is 4. The van der Waals surface area contributed by atoms with Crippen LogP contribution in [0.2, 0.25) is 0 Å². The average molecular weight is 355 g/mol. The number of hydrogen-bond acceptors (Lipinski definition) is 7. The minimum Gasteiger partial charge on any atom is -0.490 e. The van der Waals surface area contributed by atoms with Crippen LogP contribution < -0.4 is 21.6 Å². The lowest BCUT2D eigenvalue weighted by Crippen LogP contribution is -2.31. The van der Waals surface area contributed by atoms with Crippen LogP contribution >= 0.6 is 0 Å². The van der Waals surface area contributed by atoms with Crippen LogP contribution in [0.4, 0.5) is 5.69 Å². The molecule has 0 radical (unpaired) electrons. The lowest BCUT2D eigenvalue weighted by atomic mass is 10.1. The smallest absolute Gasteiger partial charge is 0.311 e. The molecule has 2 aromatic heterocycles. The summed E-state index contributed by atoms with van der Waals surface area (Å²) in [5, 5.41) is 11.8. The van der Waals surface area contributed by atoms with E-state index in [9.17, 15) is 19.7 Å². The van der Waals surface area contributed by atoms with Gasteiger partial charge in [-0.05, 0) is 29.7 Å². The Morgan fingerprint density at radius 3 is 2.77 bits per heavy atom. The molecule has 0 atom stereocenters. The summed E-state index contributed by atoms with van der Waals surface area (Å²) in [4.78, 5) is 39.0. The number of benzene rings is 1.